The van der Waals surface area contributed by atoms with E-state index in [0.717, 1.165) is 6.07 Å². The Kier molecular flexibility index (Phi) is 5.73. The summed E-state index contributed by atoms with van der Waals surface area (Å²) in [5.41, 5.74) is 0.233. The molecule has 1 fully saturated rings. The molecule has 2 aliphatic heterocycles. The molecule has 10 nitrogen and oxygen atoms in total. The Morgan fingerprint density at radius 3 is 2.45 bits per heavy atom. The summed E-state index contributed by atoms with van der Waals surface area (Å²) in [6.45, 7) is -0.530. The molecule has 1 saturated heterocycles. The summed E-state index contributed by atoms with van der Waals surface area (Å²) in [6, 6.07) is 8.25. The summed E-state index contributed by atoms with van der Waals surface area (Å²) >= 11 is 0. The summed E-state index contributed by atoms with van der Waals surface area (Å²) in [4.78, 5) is 12.7. The number of carbonyl (C=O) groups is 1. The predicted octanol–water partition coefficient (Wildman–Crippen LogP) is -0.0170. The number of Topliss-reactive ketones (excluding diaryl/α,β-unsaturated/α-hetero) is 1. The normalized spacial score (nSPS) is 30.4. The molecule has 0 aliphatic carbocycles. The van der Waals surface area contributed by atoms with E-state index in [9.17, 15) is 35.4 Å². The molecule has 2 aromatic rings. The summed E-state index contributed by atoms with van der Waals surface area (Å²) in [7, 11) is 0. The van der Waals surface area contributed by atoms with Crippen molar-refractivity contribution < 1.29 is 49.6 Å². The fraction of sp³-hybridized carbons (Fsp3) is 0.381. The predicted molar refractivity (Wildman–Crippen MR) is 103 cm³/mol. The molecule has 10 heteroatoms. The van der Waals surface area contributed by atoms with Crippen LogP contribution in [0, 0.1) is 0 Å². The monoisotopic (exact) mass is 434 g/mol. The molecule has 0 amide bonds. The van der Waals surface area contributed by atoms with Gasteiger partial charge in [0.05, 0.1) is 12.7 Å². The highest BCUT2D eigenvalue weighted by Gasteiger charge is 2.40. The van der Waals surface area contributed by atoms with Crippen molar-refractivity contribution in [3.05, 3.63) is 47.5 Å². The first kappa shape index (κ1) is 21.3. The molecule has 6 atom stereocenters. The van der Waals surface area contributed by atoms with Crippen LogP contribution in [0.1, 0.15) is 28.4 Å². The van der Waals surface area contributed by atoms with Gasteiger partial charge in [0.15, 0.2) is 12.2 Å². The fourth-order valence-electron chi connectivity index (χ4n) is 3.68. The average molecular weight is 434 g/mol. The highest BCUT2D eigenvalue weighted by Crippen LogP contribution is 2.42. The fourth-order valence-corrected chi connectivity index (χ4v) is 3.68. The van der Waals surface area contributed by atoms with Gasteiger partial charge in [-0.2, -0.15) is 0 Å². The Hall–Kier alpha value is -2.89. The number of carbonyl (C=O) groups excluding carboxylic acids is 1. The number of phenolic OH excluding ortho intramolecular Hbond substituents is 2. The van der Waals surface area contributed by atoms with Gasteiger partial charge in [-0.1, -0.05) is 12.1 Å². The first-order valence-electron chi connectivity index (χ1n) is 9.62. The second kappa shape index (κ2) is 8.33. The van der Waals surface area contributed by atoms with Crippen LogP contribution in [-0.4, -0.2) is 73.7 Å². The molecule has 2 aliphatic rings. The summed E-state index contributed by atoms with van der Waals surface area (Å²) < 4.78 is 16.8. The summed E-state index contributed by atoms with van der Waals surface area (Å²) in [5, 5.41) is 59.2. The maximum atomic E-state index is 12.7. The van der Waals surface area contributed by atoms with E-state index in [1.165, 1.54) is 30.3 Å². The molecule has 0 unspecified atom stereocenters. The number of fused-ring (bicyclic) bond motifs is 1. The first-order valence-corrected chi connectivity index (χ1v) is 9.62. The number of phenols is 2. The van der Waals surface area contributed by atoms with Crippen molar-refractivity contribution in [2.45, 2.75) is 43.2 Å². The second-order valence-electron chi connectivity index (χ2n) is 7.45. The van der Waals surface area contributed by atoms with Crippen molar-refractivity contribution in [1.29, 1.82) is 0 Å². The minimum Gasteiger partial charge on any atom is -0.508 e. The molecule has 2 aromatic carbocycles. The van der Waals surface area contributed by atoms with Gasteiger partial charge in [0.1, 0.15) is 40.8 Å². The zero-order valence-electron chi connectivity index (χ0n) is 16.2. The number of ketones is 1. The highest BCUT2D eigenvalue weighted by atomic mass is 16.7. The zero-order chi connectivity index (χ0) is 22.3. The number of aliphatic hydroxyl groups is 4. The van der Waals surface area contributed by atoms with Gasteiger partial charge >= 0.3 is 0 Å². The van der Waals surface area contributed by atoms with Crippen LogP contribution in [0.5, 0.6) is 23.0 Å². The number of aromatic hydroxyl groups is 2. The SMILES string of the molecule is O=C1c2c(O)cc(O[C@@H]3C[C@@H](O)[C@H](O)[C@@H](CO)O3)cc2O[C@H](c2ccc(O)cc2)[C@H]1O. The Labute approximate surface area is 176 Å². The maximum absolute atomic E-state index is 12.7. The van der Waals surface area contributed by atoms with Gasteiger partial charge in [0.25, 0.3) is 0 Å². The summed E-state index contributed by atoms with van der Waals surface area (Å²) in [6.07, 6.45) is -7.28. The third-order valence-electron chi connectivity index (χ3n) is 5.32. The molecule has 6 N–H and O–H groups in total. The van der Waals surface area contributed by atoms with Crippen LogP contribution in [0.25, 0.3) is 0 Å². The molecular formula is C21H22O10. The number of benzene rings is 2. The number of hydrogen-bond acceptors (Lipinski definition) is 10. The van der Waals surface area contributed by atoms with E-state index in [2.05, 4.69) is 0 Å². The third kappa shape index (κ3) is 4.03. The Morgan fingerprint density at radius 2 is 1.77 bits per heavy atom. The van der Waals surface area contributed by atoms with Gasteiger partial charge in [0, 0.05) is 18.6 Å². The molecule has 0 radical (unpaired) electrons. The molecule has 2 heterocycles. The average Bonchev–Trinajstić information content (AvgIpc) is 2.73. The van der Waals surface area contributed by atoms with Crippen molar-refractivity contribution in [3.8, 4) is 23.0 Å². The van der Waals surface area contributed by atoms with Crippen LogP contribution >= 0.6 is 0 Å². The molecule has 0 bridgehead atoms. The molecule has 0 spiro atoms. The number of ether oxygens (including phenoxy) is 3. The lowest BCUT2D eigenvalue weighted by atomic mass is 9.93. The van der Waals surface area contributed by atoms with Crippen LogP contribution in [0.4, 0.5) is 0 Å². The molecule has 166 valence electrons. The van der Waals surface area contributed by atoms with Crippen molar-refractivity contribution in [2.75, 3.05) is 6.61 Å². The van der Waals surface area contributed by atoms with E-state index < -0.39 is 54.9 Å². The lowest BCUT2D eigenvalue weighted by molar-refractivity contribution is -0.230. The number of rotatable bonds is 4. The van der Waals surface area contributed by atoms with Gasteiger partial charge in [-0.05, 0) is 17.7 Å². The molecule has 31 heavy (non-hydrogen) atoms. The minimum atomic E-state index is -1.57. The lowest BCUT2D eigenvalue weighted by Crippen LogP contribution is -2.51. The van der Waals surface area contributed by atoms with Gasteiger partial charge in [-0.25, -0.2) is 0 Å². The van der Waals surface area contributed by atoms with E-state index in [1.54, 1.807) is 0 Å². The zero-order valence-corrected chi connectivity index (χ0v) is 16.2. The topological polar surface area (TPSA) is 166 Å². The Balaban J connectivity index is 1.60. The highest BCUT2D eigenvalue weighted by molar-refractivity contribution is 6.05. The van der Waals surface area contributed by atoms with E-state index in [4.69, 9.17) is 14.2 Å². The standard InChI is InChI=1S/C21H22O10/c22-8-15-18(26)13(25)7-16(30-15)29-11-5-12(24)17-14(6-11)31-21(20(28)19(17)27)9-1-3-10(23)4-2-9/h1-6,13,15-16,18,20-26,28H,7-8H2/t13-,15-,16+,18+,20+,21-/m1/s1. The van der Waals surface area contributed by atoms with Crippen molar-refractivity contribution in [3.63, 3.8) is 0 Å². The van der Waals surface area contributed by atoms with E-state index >= 15 is 0 Å². The second-order valence-corrected chi connectivity index (χ2v) is 7.45. The van der Waals surface area contributed by atoms with E-state index in [0.29, 0.717) is 5.56 Å². The first-order chi connectivity index (χ1) is 14.8. The van der Waals surface area contributed by atoms with Crippen LogP contribution in [0.2, 0.25) is 0 Å². The van der Waals surface area contributed by atoms with Crippen molar-refractivity contribution in [2.24, 2.45) is 0 Å². The quantitative estimate of drug-likeness (QED) is 0.385. The van der Waals surface area contributed by atoms with Crippen LogP contribution in [0.15, 0.2) is 36.4 Å². The summed E-state index contributed by atoms with van der Waals surface area (Å²) in [5.74, 6) is -1.18. The van der Waals surface area contributed by atoms with Gasteiger partial charge in [-0.15, -0.1) is 0 Å². The smallest absolute Gasteiger partial charge is 0.202 e. The molecule has 4 rings (SSSR count). The molecule has 0 saturated carbocycles. The largest absolute Gasteiger partial charge is 0.508 e. The number of hydrogen-bond donors (Lipinski definition) is 6. The Bertz CT molecular complexity index is 959. The number of aliphatic hydroxyl groups excluding tert-OH is 4. The van der Waals surface area contributed by atoms with Crippen LogP contribution < -0.4 is 9.47 Å². The van der Waals surface area contributed by atoms with Gasteiger partial charge in [0.2, 0.25) is 12.1 Å². The minimum absolute atomic E-state index is 0.00933. The third-order valence-corrected chi connectivity index (χ3v) is 5.32. The van der Waals surface area contributed by atoms with E-state index in [-0.39, 0.29) is 29.2 Å². The molecule has 0 aromatic heterocycles. The van der Waals surface area contributed by atoms with Gasteiger partial charge in [-0.3, -0.25) is 4.79 Å². The lowest BCUT2D eigenvalue weighted by Gasteiger charge is -2.36. The van der Waals surface area contributed by atoms with Crippen LogP contribution in [-0.2, 0) is 4.74 Å². The van der Waals surface area contributed by atoms with E-state index in [1.807, 2.05) is 0 Å². The van der Waals surface area contributed by atoms with Crippen molar-refractivity contribution >= 4 is 5.78 Å². The maximum Gasteiger partial charge on any atom is 0.202 e. The van der Waals surface area contributed by atoms with Crippen LogP contribution in [0.3, 0.4) is 0 Å². The Morgan fingerprint density at radius 1 is 1.06 bits per heavy atom. The van der Waals surface area contributed by atoms with Crippen molar-refractivity contribution in [1.82, 2.24) is 0 Å². The molecular weight excluding hydrogens is 412 g/mol. The van der Waals surface area contributed by atoms with Gasteiger partial charge < -0.3 is 44.8 Å².